The highest BCUT2D eigenvalue weighted by Crippen LogP contribution is 2.36. The van der Waals surface area contributed by atoms with Gasteiger partial charge < -0.3 is 16.2 Å². The van der Waals surface area contributed by atoms with E-state index >= 15 is 0 Å². The zero-order chi connectivity index (χ0) is 10.6. The number of piperidine rings is 1. The van der Waals surface area contributed by atoms with E-state index < -0.39 is 17.3 Å². The highest BCUT2D eigenvalue weighted by atomic mass is 16.4. The van der Waals surface area contributed by atoms with E-state index in [-0.39, 0.29) is 12.8 Å². The molecule has 1 saturated heterocycles. The van der Waals surface area contributed by atoms with Crippen LogP contribution >= 0.6 is 0 Å². The van der Waals surface area contributed by atoms with Crippen molar-refractivity contribution in [3.05, 3.63) is 0 Å². The number of carbonyl (C=O) groups excluding carboxylic acids is 1. The van der Waals surface area contributed by atoms with Crippen LogP contribution < -0.4 is 11.1 Å². The molecule has 5 nitrogen and oxygen atoms in total. The Morgan fingerprint density at radius 1 is 1.29 bits per heavy atom. The van der Waals surface area contributed by atoms with Crippen molar-refractivity contribution in [2.24, 2.45) is 11.1 Å². The van der Waals surface area contributed by atoms with Gasteiger partial charge in [-0.1, -0.05) is 0 Å². The molecule has 0 aromatic rings. The van der Waals surface area contributed by atoms with Gasteiger partial charge in [-0.2, -0.15) is 0 Å². The molecule has 4 N–H and O–H groups in total. The molecule has 1 aliphatic heterocycles. The van der Waals surface area contributed by atoms with E-state index in [1.54, 1.807) is 0 Å². The number of hydrogen-bond donors (Lipinski definition) is 3. The lowest BCUT2D eigenvalue weighted by molar-refractivity contribution is -0.140. The summed E-state index contributed by atoms with van der Waals surface area (Å²) in [4.78, 5) is 21.5. The third-order valence-corrected chi connectivity index (χ3v) is 2.74. The first-order valence-corrected chi connectivity index (χ1v) is 4.75. The molecule has 0 bridgehead atoms. The maximum Gasteiger partial charge on any atom is 0.303 e. The highest BCUT2D eigenvalue weighted by molar-refractivity contribution is 5.76. The third-order valence-electron chi connectivity index (χ3n) is 2.74. The maximum absolute atomic E-state index is 10.9. The molecule has 0 aliphatic carbocycles. The average molecular weight is 200 g/mol. The molecular weight excluding hydrogens is 184 g/mol. The molecule has 0 atom stereocenters. The number of hydrogen-bond acceptors (Lipinski definition) is 3. The summed E-state index contributed by atoms with van der Waals surface area (Å²) < 4.78 is 0. The fourth-order valence-electron chi connectivity index (χ4n) is 2.06. The highest BCUT2D eigenvalue weighted by Gasteiger charge is 2.35. The van der Waals surface area contributed by atoms with Crippen LogP contribution in [0.1, 0.15) is 25.7 Å². The monoisotopic (exact) mass is 200 g/mol. The van der Waals surface area contributed by atoms with Crippen LogP contribution in [0.5, 0.6) is 0 Å². The van der Waals surface area contributed by atoms with Crippen LogP contribution in [0.15, 0.2) is 0 Å². The Bertz CT molecular complexity index is 216. The molecular formula is C9H16N2O3. The zero-order valence-electron chi connectivity index (χ0n) is 8.08. The van der Waals surface area contributed by atoms with Crippen LogP contribution in [0.25, 0.3) is 0 Å². The van der Waals surface area contributed by atoms with Gasteiger partial charge in [-0.15, -0.1) is 0 Å². The number of carboxylic acid groups (broad SMARTS) is 1. The van der Waals surface area contributed by atoms with Crippen LogP contribution in [-0.2, 0) is 9.59 Å². The Morgan fingerprint density at radius 3 is 2.29 bits per heavy atom. The molecule has 80 valence electrons. The topological polar surface area (TPSA) is 92.4 Å². The van der Waals surface area contributed by atoms with Crippen LogP contribution in [0.2, 0.25) is 0 Å². The van der Waals surface area contributed by atoms with Crippen molar-refractivity contribution < 1.29 is 14.7 Å². The molecule has 14 heavy (non-hydrogen) atoms. The summed E-state index contributed by atoms with van der Waals surface area (Å²) in [7, 11) is 0. The van der Waals surface area contributed by atoms with Crippen molar-refractivity contribution in [2.75, 3.05) is 13.1 Å². The Morgan fingerprint density at radius 2 is 1.86 bits per heavy atom. The van der Waals surface area contributed by atoms with Crippen LogP contribution in [-0.4, -0.2) is 30.1 Å². The fourth-order valence-corrected chi connectivity index (χ4v) is 2.06. The minimum atomic E-state index is -0.854. The average Bonchev–Trinajstić information content (AvgIpc) is 2.01. The number of nitrogens with two attached hydrogens (primary N) is 1. The van der Waals surface area contributed by atoms with Crippen molar-refractivity contribution in [3.8, 4) is 0 Å². The van der Waals surface area contributed by atoms with Crippen molar-refractivity contribution in [2.45, 2.75) is 25.7 Å². The standard InChI is InChI=1S/C9H16N2O3/c10-7(12)5-9(6-8(13)14)1-3-11-4-2-9/h11H,1-6H2,(H2,10,12)(H,13,14). The third kappa shape index (κ3) is 2.99. The number of amides is 1. The van der Waals surface area contributed by atoms with Gasteiger partial charge in [-0.25, -0.2) is 0 Å². The Hall–Kier alpha value is -1.10. The molecule has 1 heterocycles. The summed E-state index contributed by atoms with van der Waals surface area (Å²) in [5, 5.41) is 11.9. The first-order chi connectivity index (χ1) is 6.54. The quantitative estimate of drug-likeness (QED) is 0.581. The number of nitrogens with one attached hydrogen (secondary N) is 1. The molecule has 0 aromatic carbocycles. The Labute approximate surface area is 82.7 Å². The minimum Gasteiger partial charge on any atom is -0.481 e. The van der Waals surface area contributed by atoms with Gasteiger partial charge in [0.25, 0.3) is 0 Å². The number of aliphatic carboxylic acids is 1. The maximum atomic E-state index is 10.9. The van der Waals surface area contributed by atoms with E-state index in [1.165, 1.54) is 0 Å². The van der Waals surface area contributed by atoms with Crippen molar-refractivity contribution in [1.82, 2.24) is 5.32 Å². The largest absolute Gasteiger partial charge is 0.481 e. The molecule has 1 amide bonds. The smallest absolute Gasteiger partial charge is 0.303 e. The summed E-state index contributed by atoms with van der Waals surface area (Å²) >= 11 is 0. The summed E-state index contributed by atoms with van der Waals surface area (Å²) in [6.07, 6.45) is 1.64. The first-order valence-electron chi connectivity index (χ1n) is 4.75. The van der Waals surface area contributed by atoms with E-state index in [4.69, 9.17) is 10.8 Å². The van der Waals surface area contributed by atoms with Crippen LogP contribution in [0, 0.1) is 5.41 Å². The molecule has 0 radical (unpaired) electrons. The number of carboxylic acids is 1. The predicted octanol–water partition coefficient (Wildman–Crippen LogP) is -0.294. The van der Waals surface area contributed by atoms with E-state index in [1.807, 2.05) is 0 Å². The van der Waals surface area contributed by atoms with Crippen molar-refractivity contribution in [1.29, 1.82) is 0 Å². The molecule has 5 heteroatoms. The number of primary amides is 1. The second kappa shape index (κ2) is 4.41. The SMILES string of the molecule is NC(=O)CC1(CC(=O)O)CCNCC1. The molecule has 1 aliphatic rings. The summed E-state index contributed by atoms with van der Waals surface area (Å²) in [6, 6.07) is 0. The predicted molar refractivity (Wildman–Crippen MR) is 50.6 cm³/mol. The fraction of sp³-hybridized carbons (Fsp3) is 0.778. The van der Waals surface area contributed by atoms with Gasteiger partial charge in [0, 0.05) is 6.42 Å². The van der Waals surface area contributed by atoms with Gasteiger partial charge in [-0.3, -0.25) is 9.59 Å². The van der Waals surface area contributed by atoms with Gasteiger partial charge in [0.05, 0.1) is 6.42 Å². The van der Waals surface area contributed by atoms with Gasteiger partial charge in [-0.05, 0) is 31.3 Å². The number of carbonyl (C=O) groups is 2. The lowest BCUT2D eigenvalue weighted by atomic mass is 9.73. The second-order valence-corrected chi connectivity index (χ2v) is 3.96. The molecule has 1 rings (SSSR count). The van der Waals surface area contributed by atoms with Crippen LogP contribution in [0.4, 0.5) is 0 Å². The van der Waals surface area contributed by atoms with E-state index in [9.17, 15) is 9.59 Å². The van der Waals surface area contributed by atoms with Crippen molar-refractivity contribution in [3.63, 3.8) is 0 Å². The lowest BCUT2D eigenvalue weighted by Crippen LogP contribution is -2.40. The summed E-state index contributed by atoms with van der Waals surface area (Å²) in [5.41, 5.74) is 4.72. The van der Waals surface area contributed by atoms with Crippen molar-refractivity contribution >= 4 is 11.9 Å². The molecule has 0 saturated carbocycles. The molecule has 0 unspecified atom stereocenters. The first kappa shape index (κ1) is 11.0. The number of rotatable bonds is 4. The second-order valence-electron chi connectivity index (χ2n) is 3.96. The van der Waals surface area contributed by atoms with Gasteiger partial charge in [0.2, 0.25) is 5.91 Å². The van der Waals surface area contributed by atoms with E-state index in [2.05, 4.69) is 5.32 Å². The summed E-state index contributed by atoms with van der Waals surface area (Å²) in [5.74, 6) is -1.26. The van der Waals surface area contributed by atoms with E-state index in [0.29, 0.717) is 12.8 Å². The zero-order valence-corrected chi connectivity index (χ0v) is 8.08. The lowest BCUT2D eigenvalue weighted by Gasteiger charge is -2.35. The van der Waals surface area contributed by atoms with Crippen LogP contribution in [0.3, 0.4) is 0 Å². The van der Waals surface area contributed by atoms with E-state index in [0.717, 1.165) is 13.1 Å². The Kier molecular flexibility index (Phi) is 3.46. The normalized spacial score (nSPS) is 20.3. The van der Waals surface area contributed by atoms with Gasteiger partial charge in [0.15, 0.2) is 0 Å². The van der Waals surface area contributed by atoms with Gasteiger partial charge in [0.1, 0.15) is 0 Å². The summed E-state index contributed by atoms with van der Waals surface area (Å²) in [6.45, 7) is 1.53. The molecule has 0 spiro atoms. The molecule has 1 fully saturated rings. The Balaban J connectivity index is 2.66. The minimum absolute atomic E-state index is 0.0393. The van der Waals surface area contributed by atoms with Gasteiger partial charge >= 0.3 is 5.97 Å². The molecule has 0 aromatic heterocycles.